The highest BCUT2D eigenvalue weighted by Gasteiger charge is 2.17. The third kappa shape index (κ3) is 3.56. The van der Waals surface area contributed by atoms with Gasteiger partial charge in [0, 0.05) is 5.02 Å². The average Bonchev–Trinajstić information content (AvgIpc) is 2.16. The van der Waals surface area contributed by atoms with Crippen molar-refractivity contribution in [3.8, 4) is 5.75 Å². The molecule has 1 aromatic rings. The molecule has 0 radical (unpaired) electrons. The summed E-state index contributed by atoms with van der Waals surface area (Å²) in [6, 6.07) is 4.78. The van der Waals surface area contributed by atoms with Crippen LogP contribution in [0.25, 0.3) is 0 Å². The summed E-state index contributed by atoms with van der Waals surface area (Å²) < 4.78 is 5.34. The minimum absolute atomic E-state index is 0.360. The molecule has 0 saturated carbocycles. The third-order valence-corrected chi connectivity index (χ3v) is 2.56. The van der Waals surface area contributed by atoms with Gasteiger partial charge in [-0.3, -0.25) is 4.79 Å². The maximum atomic E-state index is 10.9. The van der Waals surface area contributed by atoms with Crippen molar-refractivity contribution in [3.05, 3.63) is 28.2 Å². The van der Waals surface area contributed by atoms with Gasteiger partial charge in [0.2, 0.25) is 0 Å². The van der Waals surface area contributed by atoms with Crippen molar-refractivity contribution in [1.82, 2.24) is 0 Å². The highest BCUT2D eigenvalue weighted by atomic mass is 35.5. The van der Waals surface area contributed by atoms with Gasteiger partial charge in [-0.15, -0.1) is 0 Å². The van der Waals surface area contributed by atoms with Gasteiger partial charge in [-0.2, -0.15) is 0 Å². The van der Waals surface area contributed by atoms with Crippen LogP contribution in [0.3, 0.4) is 0 Å². The quantitative estimate of drug-likeness (QED) is 0.773. The number of carbonyl (C=O) groups is 1. The van der Waals surface area contributed by atoms with Crippen LogP contribution in [-0.4, -0.2) is 11.3 Å². The Morgan fingerprint density at radius 3 is 2.60 bits per heavy atom. The molecule has 1 atom stereocenters. The van der Waals surface area contributed by atoms with E-state index in [2.05, 4.69) is 0 Å². The van der Waals surface area contributed by atoms with Crippen molar-refractivity contribution in [1.29, 1.82) is 0 Å². The van der Waals surface area contributed by atoms with E-state index in [9.17, 15) is 4.79 Å². The van der Waals surface area contributed by atoms with E-state index < -0.39 is 11.3 Å². The molecule has 15 heavy (non-hydrogen) atoms. The van der Waals surface area contributed by atoms with Crippen LogP contribution in [0.15, 0.2) is 18.2 Å². The Balaban J connectivity index is 2.84. The lowest BCUT2D eigenvalue weighted by Gasteiger charge is -2.14. The second-order valence-electron chi connectivity index (χ2n) is 2.89. The summed E-state index contributed by atoms with van der Waals surface area (Å²) in [4.78, 5) is 10.9. The molecule has 0 saturated heterocycles. The first-order chi connectivity index (χ1) is 7.04. The zero-order chi connectivity index (χ0) is 11.4. The Labute approximate surface area is 103 Å². The Hall–Kier alpha value is -0.440. The Bertz CT molecular complexity index is 366. The van der Waals surface area contributed by atoms with Crippen LogP contribution in [-0.2, 0) is 4.79 Å². The number of halogens is 3. The van der Waals surface area contributed by atoms with Crippen LogP contribution in [0.5, 0.6) is 5.75 Å². The van der Waals surface area contributed by atoms with E-state index in [1.165, 1.54) is 0 Å². The summed E-state index contributed by atoms with van der Waals surface area (Å²) in [5.74, 6) is 0.405. The lowest BCUT2D eigenvalue weighted by Crippen LogP contribution is -2.22. The van der Waals surface area contributed by atoms with Gasteiger partial charge in [0.1, 0.15) is 5.75 Å². The highest BCUT2D eigenvalue weighted by Crippen LogP contribution is 2.28. The fourth-order valence-electron chi connectivity index (χ4n) is 1.01. The number of hydrogen-bond acceptors (Lipinski definition) is 2. The predicted octanol–water partition coefficient (Wildman–Crippen LogP) is 3.92. The zero-order valence-electron chi connectivity index (χ0n) is 7.97. The van der Waals surface area contributed by atoms with Gasteiger partial charge in [0.25, 0.3) is 5.24 Å². The van der Waals surface area contributed by atoms with E-state index >= 15 is 0 Å². The summed E-state index contributed by atoms with van der Waals surface area (Å²) in [7, 11) is 0. The zero-order valence-corrected chi connectivity index (χ0v) is 10.2. The SMILES string of the molecule is CCC(Oc1ccc(Cl)cc1Cl)C(=O)Cl. The minimum atomic E-state index is -0.676. The molecule has 2 nitrogen and oxygen atoms in total. The number of rotatable bonds is 4. The average molecular weight is 268 g/mol. The maximum Gasteiger partial charge on any atom is 0.262 e. The van der Waals surface area contributed by atoms with E-state index in [4.69, 9.17) is 39.5 Å². The largest absolute Gasteiger partial charge is 0.480 e. The molecule has 0 heterocycles. The molecule has 5 heteroatoms. The molecule has 0 aromatic heterocycles. The number of carbonyl (C=O) groups excluding carboxylic acids is 1. The molecule has 0 N–H and O–H groups in total. The summed E-state index contributed by atoms with van der Waals surface area (Å²) in [6.07, 6.45) is -0.188. The van der Waals surface area contributed by atoms with Crippen LogP contribution in [0.2, 0.25) is 10.0 Å². The van der Waals surface area contributed by atoms with Gasteiger partial charge < -0.3 is 4.74 Å². The first kappa shape index (κ1) is 12.6. The number of ether oxygens (including phenoxy) is 1. The molecule has 1 aromatic carbocycles. The van der Waals surface area contributed by atoms with Gasteiger partial charge in [0.15, 0.2) is 6.10 Å². The van der Waals surface area contributed by atoms with E-state index in [0.717, 1.165) is 0 Å². The first-order valence-electron chi connectivity index (χ1n) is 4.35. The second-order valence-corrected chi connectivity index (χ2v) is 4.11. The van der Waals surface area contributed by atoms with Crippen LogP contribution in [0.4, 0.5) is 0 Å². The van der Waals surface area contributed by atoms with Crippen LogP contribution < -0.4 is 4.74 Å². The van der Waals surface area contributed by atoms with E-state index in [-0.39, 0.29) is 0 Å². The molecule has 0 aliphatic rings. The standard InChI is InChI=1S/C10H9Cl3O2/c1-2-8(10(13)14)15-9-4-3-6(11)5-7(9)12/h3-5,8H,2H2,1H3. The molecule has 0 aliphatic heterocycles. The molecule has 0 amide bonds. The van der Waals surface area contributed by atoms with Crippen molar-refractivity contribution in [3.63, 3.8) is 0 Å². The van der Waals surface area contributed by atoms with Crippen molar-refractivity contribution < 1.29 is 9.53 Å². The van der Waals surface area contributed by atoms with Crippen molar-refractivity contribution in [2.24, 2.45) is 0 Å². The normalized spacial score (nSPS) is 12.3. The van der Waals surface area contributed by atoms with Crippen LogP contribution >= 0.6 is 34.8 Å². The van der Waals surface area contributed by atoms with Crippen LogP contribution in [0.1, 0.15) is 13.3 Å². The van der Waals surface area contributed by atoms with Gasteiger partial charge in [-0.25, -0.2) is 0 Å². The Kier molecular flexibility index (Phi) is 4.71. The molecular formula is C10H9Cl3O2. The van der Waals surface area contributed by atoms with Gasteiger partial charge >= 0.3 is 0 Å². The van der Waals surface area contributed by atoms with Crippen molar-refractivity contribution in [2.75, 3.05) is 0 Å². The fraction of sp³-hybridized carbons (Fsp3) is 0.300. The lowest BCUT2D eigenvalue weighted by molar-refractivity contribution is -0.117. The minimum Gasteiger partial charge on any atom is -0.480 e. The van der Waals surface area contributed by atoms with Gasteiger partial charge in [-0.05, 0) is 36.2 Å². The second kappa shape index (κ2) is 5.59. The fourth-order valence-corrected chi connectivity index (χ4v) is 1.67. The summed E-state index contributed by atoms with van der Waals surface area (Å²) in [5.41, 5.74) is 0. The summed E-state index contributed by atoms with van der Waals surface area (Å²) in [5, 5.41) is 0.333. The molecular weight excluding hydrogens is 258 g/mol. The molecule has 1 rings (SSSR count). The molecule has 0 spiro atoms. The van der Waals surface area contributed by atoms with Gasteiger partial charge in [-0.1, -0.05) is 30.1 Å². The maximum absolute atomic E-state index is 10.9. The van der Waals surface area contributed by atoms with Crippen molar-refractivity contribution in [2.45, 2.75) is 19.4 Å². The molecule has 0 fully saturated rings. The van der Waals surface area contributed by atoms with E-state index in [1.807, 2.05) is 0 Å². The summed E-state index contributed by atoms with van der Waals surface area (Å²) >= 11 is 16.9. The monoisotopic (exact) mass is 266 g/mol. The molecule has 82 valence electrons. The van der Waals surface area contributed by atoms with Gasteiger partial charge in [0.05, 0.1) is 5.02 Å². The molecule has 0 bridgehead atoms. The third-order valence-electron chi connectivity index (χ3n) is 1.79. The first-order valence-corrected chi connectivity index (χ1v) is 5.49. The lowest BCUT2D eigenvalue weighted by atomic mass is 10.3. The Morgan fingerprint density at radius 1 is 1.47 bits per heavy atom. The van der Waals surface area contributed by atoms with E-state index in [0.29, 0.717) is 22.2 Å². The van der Waals surface area contributed by atoms with Crippen molar-refractivity contribution >= 4 is 40.0 Å². The van der Waals surface area contributed by atoms with E-state index in [1.54, 1.807) is 25.1 Å². The smallest absolute Gasteiger partial charge is 0.262 e. The Morgan fingerprint density at radius 2 is 2.13 bits per heavy atom. The molecule has 0 aliphatic carbocycles. The topological polar surface area (TPSA) is 26.3 Å². The summed E-state index contributed by atoms with van der Waals surface area (Å²) in [6.45, 7) is 1.80. The number of benzene rings is 1. The number of hydrogen-bond donors (Lipinski definition) is 0. The predicted molar refractivity (Wildman–Crippen MR) is 62.0 cm³/mol. The van der Waals surface area contributed by atoms with Crippen LogP contribution in [0, 0.1) is 0 Å². The molecule has 1 unspecified atom stereocenters. The highest BCUT2D eigenvalue weighted by molar-refractivity contribution is 6.64.